The second-order valence-electron chi connectivity index (χ2n) is 7.59. The van der Waals surface area contributed by atoms with Gasteiger partial charge in [0, 0.05) is 31.9 Å². The predicted molar refractivity (Wildman–Crippen MR) is 146 cm³/mol. The molecule has 4 aromatic rings. The smallest absolute Gasteiger partial charge is 0.261 e. The van der Waals surface area contributed by atoms with Crippen molar-refractivity contribution in [2.45, 2.75) is 4.90 Å². The highest BCUT2D eigenvalue weighted by molar-refractivity contribution is 9.10. The van der Waals surface area contributed by atoms with Crippen molar-refractivity contribution in [2.75, 3.05) is 10.0 Å². The molecule has 0 aliphatic rings. The van der Waals surface area contributed by atoms with Crippen LogP contribution in [0.4, 0.5) is 11.4 Å². The highest BCUT2D eigenvalue weighted by Gasteiger charge is 2.19. The number of halogens is 3. The molecule has 1 amide bonds. The Hall–Kier alpha value is -3.17. The molecule has 0 heterocycles. The molecule has 0 fully saturated rings. The highest BCUT2D eigenvalue weighted by atomic mass is 79.9. The first-order valence-electron chi connectivity index (χ1n) is 10.4. The van der Waals surface area contributed by atoms with Gasteiger partial charge in [-0.25, -0.2) is 8.42 Å². The summed E-state index contributed by atoms with van der Waals surface area (Å²) in [5.74, 6) is -0.889. The Morgan fingerprint density at radius 2 is 1.50 bits per heavy atom. The lowest BCUT2D eigenvalue weighted by atomic mass is 10.0. The molecule has 0 aliphatic heterocycles. The van der Waals surface area contributed by atoms with E-state index in [1.807, 2.05) is 0 Å². The van der Waals surface area contributed by atoms with Gasteiger partial charge in [0.1, 0.15) is 0 Å². The first kappa shape index (κ1) is 25.9. The van der Waals surface area contributed by atoms with Gasteiger partial charge in [-0.1, -0.05) is 57.3 Å². The number of benzene rings is 4. The maximum atomic E-state index is 13.2. The minimum absolute atomic E-state index is 0.0272. The van der Waals surface area contributed by atoms with Gasteiger partial charge in [-0.3, -0.25) is 14.3 Å². The third kappa shape index (κ3) is 5.96. The van der Waals surface area contributed by atoms with Crippen molar-refractivity contribution in [3.63, 3.8) is 0 Å². The van der Waals surface area contributed by atoms with Gasteiger partial charge < -0.3 is 5.32 Å². The topological polar surface area (TPSA) is 92.3 Å². The van der Waals surface area contributed by atoms with Gasteiger partial charge in [-0.15, -0.1) is 0 Å². The SMILES string of the molecule is O=C(Nc1ccc(Br)cc1C(=O)c1ccccc1Cl)c1cccc(NS(=O)(=O)c2ccc(Cl)cc2)c1. The standard InChI is InChI=1S/C26H17BrCl2N2O4S/c27-17-8-13-24(22(15-17)25(32)21-6-1-2-7-23(21)29)30-26(33)16-4-3-5-19(14-16)31-36(34,35)20-11-9-18(28)10-12-20/h1-15,31H,(H,30,33). The van der Waals surface area contributed by atoms with Gasteiger partial charge in [0.25, 0.3) is 15.9 Å². The molecule has 4 rings (SSSR count). The number of rotatable bonds is 7. The zero-order valence-electron chi connectivity index (χ0n) is 18.3. The van der Waals surface area contributed by atoms with Crippen LogP contribution in [0.2, 0.25) is 10.0 Å². The second kappa shape index (κ2) is 10.8. The van der Waals surface area contributed by atoms with Gasteiger partial charge >= 0.3 is 0 Å². The van der Waals surface area contributed by atoms with Gasteiger partial charge in [-0.05, 0) is 72.8 Å². The Morgan fingerprint density at radius 1 is 0.778 bits per heavy atom. The van der Waals surface area contributed by atoms with Crippen molar-refractivity contribution in [1.82, 2.24) is 0 Å². The number of ketones is 1. The Bertz CT molecular complexity index is 1580. The minimum Gasteiger partial charge on any atom is -0.321 e. The molecule has 0 bridgehead atoms. The fourth-order valence-electron chi connectivity index (χ4n) is 3.35. The molecular weight excluding hydrogens is 587 g/mol. The monoisotopic (exact) mass is 602 g/mol. The van der Waals surface area contributed by atoms with Crippen molar-refractivity contribution in [3.05, 3.63) is 122 Å². The van der Waals surface area contributed by atoms with Crippen molar-refractivity contribution >= 4 is 72.2 Å². The first-order chi connectivity index (χ1) is 17.1. The van der Waals surface area contributed by atoms with Crippen molar-refractivity contribution in [2.24, 2.45) is 0 Å². The Balaban J connectivity index is 1.59. The van der Waals surface area contributed by atoms with Crippen molar-refractivity contribution < 1.29 is 18.0 Å². The van der Waals surface area contributed by atoms with E-state index in [1.165, 1.54) is 42.5 Å². The molecule has 10 heteroatoms. The number of carbonyl (C=O) groups excluding carboxylic acids is 2. The number of amides is 1. The normalized spacial score (nSPS) is 11.1. The number of anilines is 2. The maximum absolute atomic E-state index is 13.2. The van der Waals surface area contributed by atoms with E-state index in [0.29, 0.717) is 20.1 Å². The fraction of sp³-hybridized carbons (Fsp3) is 0. The van der Waals surface area contributed by atoms with Crippen LogP contribution in [0.15, 0.2) is 100 Å². The average molecular weight is 604 g/mol. The largest absolute Gasteiger partial charge is 0.321 e. The lowest BCUT2D eigenvalue weighted by Crippen LogP contribution is -2.17. The van der Waals surface area contributed by atoms with Crippen LogP contribution in [0, 0.1) is 0 Å². The summed E-state index contributed by atoms with van der Waals surface area (Å²) in [4.78, 5) is 26.3. The van der Waals surface area contributed by atoms with E-state index in [1.54, 1.807) is 48.5 Å². The maximum Gasteiger partial charge on any atom is 0.261 e. The predicted octanol–water partition coefficient (Wildman–Crippen LogP) is 7.04. The summed E-state index contributed by atoms with van der Waals surface area (Å²) >= 11 is 15.4. The second-order valence-corrected chi connectivity index (χ2v) is 11.0. The third-order valence-corrected chi connectivity index (χ3v) is 7.57. The van der Waals surface area contributed by atoms with Crippen molar-refractivity contribution in [3.8, 4) is 0 Å². The van der Waals surface area contributed by atoms with E-state index >= 15 is 0 Å². The van der Waals surface area contributed by atoms with E-state index in [-0.39, 0.29) is 33.2 Å². The highest BCUT2D eigenvalue weighted by Crippen LogP contribution is 2.27. The molecule has 0 radical (unpaired) electrons. The molecule has 0 aliphatic carbocycles. The summed E-state index contributed by atoms with van der Waals surface area (Å²) in [6, 6.07) is 23.2. The molecule has 0 saturated carbocycles. The molecule has 0 spiro atoms. The zero-order valence-corrected chi connectivity index (χ0v) is 22.2. The van der Waals surface area contributed by atoms with E-state index in [2.05, 4.69) is 26.0 Å². The summed E-state index contributed by atoms with van der Waals surface area (Å²) in [5.41, 5.74) is 1.20. The van der Waals surface area contributed by atoms with Crippen LogP contribution < -0.4 is 10.0 Å². The van der Waals surface area contributed by atoms with Crippen LogP contribution in [0.25, 0.3) is 0 Å². The minimum atomic E-state index is -3.89. The summed E-state index contributed by atoms with van der Waals surface area (Å²) in [7, 11) is -3.89. The average Bonchev–Trinajstić information content (AvgIpc) is 2.85. The van der Waals surface area contributed by atoms with E-state index < -0.39 is 15.9 Å². The molecule has 0 aromatic heterocycles. The number of sulfonamides is 1. The number of carbonyl (C=O) groups is 2. The van der Waals surface area contributed by atoms with Crippen LogP contribution in [-0.2, 0) is 10.0 Å². The summed E-state index contributed by atoms with van der Waals surface area (Å²) in [6.07, 6.45) is 0. The number of hydrogen-bond donors (Lipinski definition) is 2. The summed E-state index contributed by atoms with van der Waals surface area (Å²) in [6.45, 7) is 0. The lowest BCUT2D eigenvalue weighted by molar-refractivity contribution is 0.102. The molecule has 36 heavy (non-hydrogen) atoms. The molecular formula is C26H17BrCl2N2O4S. The zero-order chi connectivity index (χ0) is 25.9. The van der Waals surface area contributed by atoms with Crippen LogP contribution >= 0.6 is 39.1 Å². The summed E-state index contributed by atoms with van der Waals surface area (Å²) < 4.78 is 28.5. The number of nitrogens with one attached hydrogen (secondary N) is 2. The molecule has 4 aromatic carbocycles. The van der Waals surface area contributed by atoms with Gasteiger partial charge in [0.2, 0.25) is 0 Å². The summed E-state index contributed by atoms with van der Waals surface area (Å²) in [5, 5.41) is 3.44. The third-order valence-electron chi connectivity index (χ3n) is 5.09. The molecule has 182 valence electrons. The number of hydrogen-bond acceptors (Lipinski definition) is 4. The van der Waals surface area contributed by atoms with Crippen LogP contribution in [0.5, 0.6) is 0 Å². The van der Waals surface area contributed by atoms with Crippen LogP contribution in [0.3, 0.4) is 0 Å². The molecule has 0 unspecified atom stereocenters. The van der Waals surface area contributed by atoms with E-state index in [0.717, 1.165) is 0 Å². The fourth-order valence-corrected chi connectivity index (χ4v) is 5.11. The molecule has 0 atom stereocenters. The van der Waals surface area contributed by atoms with E-state index in [9.17, 15) is 18.0 Å². The molecule has 0 saturated heterocycles. The molecule has 2 N–H and O–H groups in total. The quantitative estimate of drug-likeness (QED) is 0.222. The lowest BCUT2D eigenvalue weighted by Gasteiger charge is -2.13. The van der Waals surface area contributed by atoms with Crippen LogP contribution in [-0.4, -0.2) is 20.1 Å². The van der Waals surface area contributed by atoms with E-state index in [4.69, 9.17) is 23.2 Å². The van der Waals surface area contributed by atoms with Gasteiger partial charge in [-0.2, -0.15) is 0 Å². The Labute approximate surface area is 226 Å². The van der Waals surface area contributed by atoms with Gasteiger partial charge in [0.05, 0.1) is 15.6 Å². The molecule has 6 nitrogen and oxygen atoms in total. The first-order valence-corrected chi connectivity index (χ1v) is 13.5. The Kier molecular flexibility index (Phi) is 7.80. The van der Waals surface area contributed by atoms with Crippen molar-refractivity contribution in [1.29, 1.82) is 0 Å². The van der Waals surface area contributed by atoms with Crippen LogP contribution in [0.1, 0.15) is 26.3 Å². The Morgan fingerprint density at radius 3 is 2.22 bits per heavy atom. The van der Waals surface area contributed by atoms with Gasteiger partial charge in [0.15, 0.2) is 5.78 Å².